The maximum Gasteiger partial charge on any atom is 0.167 e. The number of anilines is 1. The molecule has 0 aromatic heterocycles. The van der Waals surface area contributed by atoms with Crippen LogP contribution in [0.25, 0.3) is 0 Å². The Hall–Kier alpha value is -2.09. The summed E-state index contributed by atoms with van der Waals surface area (Å²) in [5.41, 5.74) is 9.18. The van der Waals surface area contributed by atoms with Gasteiger partial charge in [0.2, 0.25) is 0 Å². The third-order valence-electron chi connectivity index (χ3n) is 2.69. The van der Waals surface area contributed by atoms with Gasteiger partial charge in [-0.05, 0) is 24.6 Å². The third kappa shape index (κ3) is 2.94. The monoisotopic (exact) mass is 225 g/mol. The van der Waals surface area contributed by atoms with Crippen LogP contribution in [-0.4, -0.2) is 5.78 Å². The van der Waals surface area contributed by atoms with Gasteiger partial charge in [0, 0.05) is 17.7 Å². The highest BCUT2D eigenvalue weighted by molar-refractivity contribution is 5.98. The fourth-order valence-corrected chi connectivity index (χ4v) is 1.71. The van der Waals surface area contributed by atoms with Gasteiger partial charge in [-0.15, -0.1) is 0 Å². The molecule has 2 N–H and O–H groups in total. The van der Waals surface area contributed by atoms with Crippen molar-refractivity contribution in [1.29, 1.82) is 0 Å². The van der Waals surface area contributed by atoms with Gasteiger partial charge < -0.3 is 5.73 Å². The lowest BCUT2D eigenvalue weighted by molar-refractivity contribution is 0.0993. The third-order valence-corrected chi connectivity index (χ3v) is 2.69. The van der Waals surface area contributed by atoms with E-state index in [-0.39, 0.29) is 5.78 Å². The zero-order valence-electron chi connectivity index (χ0n) is 9.81. The van der Waals surface area contributed by atoms with Crippen molar-refractivity contribution in [2.75, 3.05) is 5.73 Å². The highest BCUT2D eigenvalue weighted by Crippen LogP contribution is 2.11. The van der Waals surface area contributed by atoms with E-state index in [1.54, 1.807) is 24.3 Å². The van der Waals surface area contributed by atoms with Gasteiger partial charge in [0.15, 0.2) is 5.78 Å². The normalized spacial score (nSPS) is 10.2. The molecule has 0 fully saturated rings. The van der Waals surface area contributed by atoms with Crippen molar-refractivity contribution in [1.82, 2.24) is 0 Å². The van der Waals surface area contributed by atoms with Crippen molar-refractivity contribution in [2.24, 2.45) is 0 Å². The maximum absolute atomic E-state index is 12.0. The van der Waals surface area contributed by atoms with Gasteiger partial charge in [-0.25, -0.2) is 0 Å². The Morgan fingerprint density at radius 2 is 1.82 bits per heavy atom. The van der Waals surface area contributed by atoms with Crippen LogP contribution in [0.4, 0.5) is 5.69 Å². The maximum atomic E-state index is 12.0. The Kier molecular flexibility index (Phi) is 3.24. The number of aryl methyl sites for hydroxylation is 1. The zero-order chi connectivity index (χ0) is 12.3. The van der Waals surface area contributed by atoms with Crippen LogP contribution in [0.15, 0.2) is 48.5 Å². The summed E-state index contributed by atoms with van der Waals surface area (Å²) in [6.45, 7) is 2.03. The van der Waals surface area contributed by atoms with E-state index in [0.29, 0.717) is 17.7 Å². The fourth-order valence-electron chi connectivity index (χ4n) is 1.71. The summed E-state index contributed by atoms with van der Waals surface area (Å²) in [5.74, 6) is 0.0983. The lowest BCUT2D eigenvalue weighted by atomic mass is 10.0. The Morgan fingerprint density at radius 3 is 2.47 bits per heavy atom. The van der Waals surface area contributed by atoms with Crippen molar-refractivity contribution in [3.8, 4) is 0 Å². The Morgan fingerprint density at radius 1 is 1.12 bits per heavy atom. The van der Waals surface area contributed by atoms with Gasteiger partial charge in [0.25, 0.3) is 0 Å². The first kappa shape index (κ1) is 11.4. The minimum absolute atomic E-state index is 0.0983. The lowest BCUT2D eigenvalue weighted by Gasteiger charge is -2.03. The fraction of sp³-hybridized carbons (Fsp3) is 0.133. The van der Waals surface area contributed by atoms with Gasteiger partial charge in [-0.2, -0.15) is 0 Å². The predicted octanol–water partition coefficient (Wildman–Crippen LogP) is 3.00. The van der Waals surface area contributed by atoms with E-state index >= 15 is 0 Å². The molecule has 0 saturated heterocycles. The van der Waals surface area contributed by atoms with Crippen LogP contribution in [0, 0.1) is 6.92 Å². The second-order valence-electron chi connectivity index (χ2n) is 4.21. The number of ketones is 1. The molecule has 0 radical (unpaired) electrons. The van der Waals surface area contributed by atoms with E-state index in [4.69, 9.17) is 5.73 Å². The molecule has 2 heteroatoms. The van der Waals surface area contributed by atoms with Crippen LogP contribution in [0.3, 0.4) is 0 Å². The number of Topliss-reactive ketones (excluding diaryl/α,β-unsaturated/α-hetero) is 1. The second kappa shape index (κ2) is 4.83. The van der Waals surface area contributed by atoms with Crippen molar-refractivity contribution < 1.29 is 4.79 Å². The molecule has 0 spiro atoms. The first-order chi connectivity index (χ1) is 8.15. The van der Waals surface area contributed by atoms with E-state index in [2.05, 4.69) is 0 Å². The quantitative estimate of drug-likeness (QED) is 0.644. The standard InChI is InChI=1S/C15H15NO/c1-11-5-7-12(8-6-11)9-15(17)13-3-2-4-14(16)10-13/h2-8,10H,9,16H2,1H3. The molecule has 2 aromatic rings. The first-order valence-electron chi connectivity index (χ1n) is 5.59. The van der Waals surface area contributed by atoms with Gasteiger partial charge >= 0.3 is 0 Å². The average molecular weight is 225 g/mol. The van der Waals surface area contributed by atoms with Gasteiger partial charge in [0.1, 0.15) is 0 Å². The van der Waals surface area contributed by atoms with Crippen LogP contribution in [-0.2, 0) is 6.42 Å². The van der Waals surface area contributed by atoms with E-state index in [1.165, 1.54) is 5.56 Å². The molecule has 0 aliphatic heterocycles. The molecule has 2 rings (SSSR count). The minimum Gasteiger partial charge on any atom is -0.399 e. The Balaban J connectivity index is 2.14. The zero-order valence-corrected chi connectivity index (χ0v) is 9.81. The molecule has 0 aliphatic carbocycles. The highest BCUT2D eigenvalue weighted by atomic mass is 16.1. The van der Waals surface area contributed by atoms with Gasteiger partial charge in [0.05, 0.1) is 0 Å². The summed E-state index contributed by atoms with van der Waals surface area (Å²) >= 11 is 0. The second-order valence-corrected chi connectivity index (χ2v) is 4.21. The van der Waals surface area contributed by atoms with Gasteiger partial charge in [-0.3, -0.25) is 4.79 Å². The molecule has 0 saturated carbocycles. The number of benzene rings is 2. The number of hydrogen-bond donors (Lipinski definition) is 1. The molecule has 0 heterocycles. The molecule has 2 nitrogen and oxygen atoms in total. The largest absolute Gasteiger partial charge is 0.399 e. The molecule has 0 bridgehead atoms. The molecule has 0 unspecified atom stereocenters. The molecule has 2 aromatic carbocycles. The van der Waals surface area contributed by atoms with E-state index in [0.717, 1.165) is 5.56 Å². The molecule has 0 amide bonds. The summed E-state index contributed by atoms with van der Waals surface area (Å²) < 4.78 is 0. The summed E-state index contributed by atoms with van der Waals surface area (Å²) in [6, 6.07) is 15.1. The smallest absolute Gasteiger partial charge is 0.167 e. The number of nitrogens with two attached hydrogens (primary N) is 1. The van der Waals surface area contributed by atoms with Crippen LogP contribution in [0.2, 0.25) is 0 Å². The van der Waals surface area contributed by atoms with Crippen molar-refractivity contribution in [3.63, 3.8) is 0 Å². The van der Waals surface area contributed by atoms with E-state index in [9.17, 15) is 4.79 Å². The number of carbonyl (C=O) groups is 1. The van der Waals surface area contributed by atoms with Crippen molar-refractivity contribution in [3.05, 3.63) is 65.2 Å². The Bertz CT molecular complexity index is 529. The Labute approximate surface area is 101 Å². The first-order valence-corrected chi connectivity index (χ1v) is 5.59. The van der Waals surface area contributed by atoms with E-state index in [1.807, 2.05) is 31.2 Å². The van der Waals surface area contributed by atoms with Crippen LogP contribution >= 0.6 is 0 Å². The summed E-state index contributed by atoms with van der Waals surface area (Å²) in [7, 11) is 0. The van der Waals surface area contributed by atoms with Gasteiger partial charge in [-0.1, -0.05) is 42.0 Å². The topological polar surface area (TPSA) is 43.1 Å². The van der Waals surface area contributed by atoms with E-state index < -0.39 is 0 Å². The lowest BCUT2D eigenvalue weighted by Crippen LogP contribution is -2.04. The number of nitrogen functional groups attached to an aromatic ring is 1. The molecule has 0 atom stereocenters. The molecule has 86 valence electrons. The number of rotatable bonds is 3. The summed E-state index contributed by atoms with van der Waals surface area (Å²) in [4.78, 5) is 12.0. The minimum atomic E-state index is 0.0983. The van der Waals surface area contributed by atoms with Crippen molar-refractivity contribution >= 4 is 11.5 Å². The molecule has 0 aliphatic rings. The highest BCUT2D eigenvalue weighted by Gasteiger charge is 2.06. The predicted molar refractivity (Wildman–Crippen MR) is 70.1 cm³/mol. The molecular weight excluding hydrogens is 210 g/mol. The molecule has 17 heavy (non-hydrogen) atoms. The SMILES string of the molecule is Cc1ccc(CC(=O)c2cccc(N)c2)cc1. The number of hydrogen-bond acceptors (Lipinski definition) is 2. The average Bonchev–Trinajstić information content (AvgIpc) is 2.32. The summed E-state index contributed by atoms with van der Waals surface area (Å²) in [6.07, 6.45) is 0.420. The van der Waals surface area contributed by atoms with Crippen LogP contribution < -0.4 is 5.73 Å². The van der Waals surface area contributed by atoms with Crippen LogP contribution in [0.5, 0.6) is 0 Å². The van der Waals surface area contributed by atoms with Crippen molar-refractivity contribution in [2.45, 2.75) is 13.3 Å². The molecular formula is C15H15NO. The number of carbonyl (C=O) groups excluding carboxylic acids is 1. The van der Waals surface area contributed by atoms with Crippen LogP contribution in [0.1, 0.15) is 21.5 Å². The summed E-state index contributed by atoms with van der Waals surface area (Å²) in [5, 5.41) is 0.